The first kappa shape index (κ1) is 15.0. The Bertz CT molecular complexity index is 714. The van der Waals surface area contributed by atoms with Crippen molar-refractivity contribution in [1.82, 2.24) is 20.2 Å². The Morgan fingerprint density at radius 2 is 2.09 bits per heavy atom. The van der Waals surface area contributed by atoms with Crippen LogP contribution in [-0.4, -0.2) is 51.4 Å². The van der Waals surface area contributed by atoms with E-state index in [1.807, 2.05) is 30.3 Å². The van der Waals surface area contributed by atoms with E-state index in [9.17, 15) is 9.59 Å². The van der Waals surface area contributed by atoms with Crippen molar-refractivity contribution in [3.8, 4) is 5.75 Å². The minimum atomic E-state index is -0.737. The molecule has 8 nitrogen and oxygen atoms in total. The summed E-state index contributed by atoms with van der Waals surface area (Å²) in [6, 6.07) is 10.8. The standard InChI is InChI=1S/C15H16N4O4/c20-14(17-22)12-10-13-15(21)18(6-7-19(13)16-12)8-9-23-11-4-2-1-3-5-11/h1-5,10,22H,6-9H2,(H,17,20). The fourth-order valence-electron chi connectivity index (χ4n) is 2.41. The molecular weight excluding hydrogens is 300 g/mol. The van der Waals surface area contributed by atoms with Crippen LogP contribution < -0.4 is 10.2 Å². The number of fused-ring (bicyclic) bond motifs is 1. The summed E-state index contributed by atoms with van der Waals surface area (Å²) in [6.07, 6.45) is 0. The molecule has 0 radical (unpaired) electrons. The number of hydroxylamine groups is 1. The highest BCUT2D eigenvalue weighted by molar-refractivity contribution is 5.97. The summed E-state index contributed by atoms with van der Waals surface area (Å²) in [4.78, 5) is 25.4. The van der Waals surface area contributed by atoms with Crippen molar-refractivity contribution >= 4 is 11.8 Å². The lowest BCUT2D eigenvalue weighted by Crippen LogP contribution is -2.42. The average Bonchev–Trinajstić information content (AvgIpc) is 3.02. The summed E-state index contributed by atoms with van der Waals surface area (Å²) in [7, 11) is 0. The molecule has 1 aliphatic heterocycles. The monoisotopic (exact) mass is 316 g/mol. The van der Waals surface area contributed by atoms with Crippen LogP contribution in [0.1, 0.15) is 21.0 Å². The third-order valence-corrected chi connectivity index (χ3v) is 3.58. The number of para-hydroxylation sites is 1. The predicted molar refractivity (Wildman–Crippen MR) is 79.3 cm³/mol. The van der Waals surface area contributed by atoms with E-state index in [0.717, 1.165) is 5.75 Å². The number of amides is 2. The zero-order chi connectivity index (χ0) is 16.2. The van der Waals surface area contributed by atoms with Gasteiger partial charge in [0.05, 0.1) is 13.1 Å². The number of carbonyl (C=O) groups excluding carboxylic acids is 2. The molecule has 2 N–H and O–H groups in total. The van der Waals surface area contributed by atoms with E-state index in [4.69, 9.17) is 9.94 Å². The van der Waals surface area contributed by atoms with Crippen LogP contribution in [0.2, 0.25) is 0 Å². The Labute approximate surface area is 132 Å². The SMILES string of the molecule is O=C(NO)c1cc2n(n1)CCN(CCOc1ccccc1)C2=O. The maximum atomic E-state index is 12.4. The van der Waals surface area contributed by atoms with Crippen LogP contribution in [0.3, 0.4) is 0 Å². The molecule has 0 unspecified atom stereocenters. The fraction of sp³-hybridized carbons (Fsp3) is 0.267. The third kappa shape index (κ3) is 3.16. The molecule has 0 aliphatic carbocycles. The average molecular weight is 316 g/mol. The molecule has 1 aliphatic rings. The van der Waals surface area contributed by atoms with Crippen molar-refractivity contribution in [3.63, 3.8) is 0 Å². The molecule has 0 fully saturated rings. The number of aromatic nitrogens is 2. The Kier molecular flexibility index (Phi) is 4.24. The highest BCUT2D eigenvalue weighted by Gasteiger charge is 2.27. The predicted octanol–water partition coefficient (Wildman–Crippen LogP) is 0.537. The van der Waals surface area contributed by atoms with Crippen molar-refractivity contribution in [2.45, 2.75) is 6.54 Å². The molecule has 120 valence electrons. The maximum absolute atomic E-state index is 12.4. The zero-order valence-electron chi connectivity index (χ0n) is 12.3. The molecule has 1 aromatic heterocycles. The van der Waals surface area contributed by atoms with Gasteiger partial charge in [-0.05, 0) is 12.1 Å². The normalized spacial score (nSPS) is 13.6. The molecule has 0 atom stereocenters. The minimum Gasteiger partial charge on any atom is -0.492 e. The molecular formula is C15H16N4O4. The van der Waals surface area contributed by atoms with Gasteiger partial charge in [-0.15, -0.1) is 0 Å². The fourth-order valence-corrected chi connectivity index (χ4v) is 2.41. The highest BCUT2D eigenvalue weighted by atomic mass is 16.5. The second-order valence-electron chi connectivity index (χ2n) is 5.03. The van der Waals surface area contributed by atoms with Gasteiger partial charge < -0.3 is 9.64 Å². The van der Waals surface area contributed by atoms with Crippen LogP contribution in [0, 0.1) is 0 Å². The zero-order valence-corrected chi connectivity index (χ0v) is 12.3. The summed E-state index contributed by atoms with van der Waals surface area (Å²) in [6.45, 7) is 1.81. The van der Waals surface area contributed by atoms with Gasteiger partial charge in [0.1, 0.15) is 18.1 Å². The summed E-state index contributed by atoms with van der Waals surface area (Å²) in [5.41, 5.74) is 1.85. The van der Waals surface area contributed by atoms with Crippen molar-refractivity contribution in [1.29, 1.82) is 0 Å². The van der Waals surface area contributed by atoms with Crippen LogP contribution in [0.5, 0.6) is 5.75 Å². The first-order chi connectivity index (χ1) is 11.2. The van der Waals surface area contributed by atoms with E-state index in [0.29, 0.717) is 31.9 Å². The summed E-state index contributed by atoms with van der Waals surface area (Å²) in [5, 5.41) is 12.6. The van der Waals surface area contributed by atoms with Gasteiger partial charge in [0.15, 0.2) is 5.69 Å². The second-order valence-corrected chi connectivity index (χ2v) is 5.03. The largest absolute Gasteiger partial charge is 0.492 e. The Morgan fingerprint density at radius 1 is 1.30 bits per heavy atom. The lowest BCUT2D eigenvalue weighted by molar-refractivity contribution is 0.0666. The van der Waals surface area contributed by atoms with Crippen LogP contribution in [0.15, 0.2) is 36.4 Å². The Balaban J connectivity index is 1.62. The van der Waals surface area contributed by atoms with Gasteiger partial charge >= 0.3 is 0 Å². The van der Waals surface area contributed by atoms with E-state index in [1.165, 1.54) is 16.2 Å². The van der Waals surface area contributed by atoms with Gasteiger partial charge in [-0.2, -0.15) is 5.10 Å². The van der Waals surface area contributed by atoms with E-state index in [1.54, 1.807) is 4.90 Å². The highest BCUT2D eigenvalue weighted by Crippen LogP contribution is 2.14. The van der Waals surface area contributed by atoms with E-state index >= 15 is 0 Å². The number of hydrogen-bond acceptors (Lipinski definition) is 5. The Morgan fingerprint density at radius 3 is 2.83 bits per heavy atom. The number of ether oxygens (including phenoxy) is 1. The van der Waals surface area contributed by atoms with Crippen molar-refractivity contribution in [3.05, 3.63) is 47.8 Å². The number of nitrogens with one attached hydrogen (secondary N) is 1. The molecule has 0 spiro atoms. The van der Waals surface area contributed by atoms with E-state index < -0.39 is 5.91 Å². The lowest BCUT2D eigenvalue weighted by Gasteiger charge is -2.27. The van der Waals surface area contributed by atoms with E-state index in [2.05, 4.69) is 5.10 Å². The lowest BCUT2D eigenvalue weighted by atomic mass is 10.2. The molecule has 0 saturated carbocycles. The molecule has 0 bridgehead atoms. The molecule has 23 heavy (non-hydrogen) atoms. The number of nitrogens with zero attached hydrogens (tertiary/aromatic N) is 3. The first-order valence-electron chi connectivity index (χ1n) is 7.18. The van der Waals surface area contributed by atoms with Gasteiger partial charge in [-0.3, -0.25) is 19.5 Å². The molecule has 0 saturated heterocycles. The van der Waals surface area contributed by atoms with Gasteiger partial charge in [0, 0.05) is 12.6 Å². The van der Waals surface area contributed by atoms with Crippen LogP contribution in [0.4, 0.5) is 0 Å². The van der Waals surface area contributed by atoms with E-state index in [-0.39, 0.29) is 11.6 Å². The Hall–Kier alpha value is -2.87. The molecule has 2 amide bonds. The maximum Gasteiger partial charge on any atom is 0.295 e. The van der Waals surface area contributed by atoms with Crippen molar-refractivity contribution in [2.75, 3.05) is 19.7 Å². The van der Waals surface area contributed by atoms with Gasteiger partial charge in [0.25, 0.3) is 11.8 Å². The third-order valence-electron chi connectivity index (χ3n) is 3.58. The topological polar surface area (TPSA) is 96.7 Å². The molecule has 2 heterocycles. The molecule has 1 aromatic carbocycles. The number of carbonyl (C=O) groups is 2. The van der Waals surface area contributed by atoms with Crippen molar-refractivity contribution < 1.29 is 19.5 Å². The van der Waals surface area contributed by atoms with Gasteiger partial charge in [-0.1, -0.05) is 18.2 Å². The van der Waals surface area contributed by atoms with Gasteiger partial charge in [0.2, 0.25) is 0 Å². The van der Waals surface area contributed by atoms with Crippen molar-refractivity contribution in [2.24, 2.45) is 0 Å². The van der Waals surface area contributed by atoms with Gasteiger partial charge in [-0.25, -0.2) is 5.48 Å². The molecule has 3 rings (SSSR count). The quantitative estimate of drug-likeness (QED) is 0.620. The van der Waals surface area contributed by atoms with Crippen LogP contribution in [-0.2, 0) is 6.54 Å². The summed E-state index contributed by atoms with van der Waals surface area (Å²) < 4.78 is 7.07. The number of rotatable bonds is 5. The second kappa shape index (κ2) is 6.49. The first-order valence-corrected chi connectivity index (χ1v) is 7.18. The molecule has 2 aromatic rings. The smallest absolute Gasteiger partial charge is 0.295 e. The van der Waals surface area contributed by atoms with Crippen LogP contribution in [0.25, 0.3) is 0 Å². The minimum absolute atomic E-state index is 0.0123. The number of hydrogen-bond donors (Lipinski definition) is 2. The summed E-state index contributed by atoms with van der Waals surface area (Å²) >= 11 is 0. The van der Waals surface area contributed by atoms with Crippen LogP contribution >= 0.6 is 0 Å². The summed E-state index contributed by atoms with van der Waals surface area (Å²) in [5.74, 6) is -0.194. The number of benzene rings is 1. The molecule has 8 heteroatoms.